The van der Waals surface area contributed by atoms with E-state index in [0.29, 0.717) is 24.5 Å². The lowest BCUT2D eigenvalue weighted by Gasteiger charge is -2.33. The van der Waals surface area contributed by atoms with Crippen LogP contribution in [-0.2, 0) is 29.0 Å². The Bertz CT molecular complexity index is 1440. The first-order chi connectivity index (χ1) is 18.3. The molecule has 0 saturated heterocycles. The summed E-state index contributed by atoms with van der Waals surface area (Å²) in [5.41, 5.74) is 4.90. The van der Waals surface area contributed by atoms with Gasteiger partial charge < -0.3 is 9.72 Å². The first kappa shape index (κ1) is 27.2. The molecule has 2 aromatic carbocycles. The van der Waals surface area contributed by atoms with Crippen LogP contribution >= 0.6 is 0 Å². The largest absolute Gasteiger partial charge is 0.465 e. The first-order valence-electron chi connectivity index (χ1n) is 13.1. The van der Waals surface area contributed by atoms with Gasteiger partial charge in [0, 0.05) is 24.2 Å². The van der Waals surface area contributed by atoms with Crippen molar-refractivity contribution in [1.82, 2.24) is 30.1 Å². The summed E-state index contributed by atoms with van der Waals surface area (Å²) in [6.45, 7) is 11.4. The van der Waals surface area contributed by atoms with Crippen molar-refractivity contribution >= 4 is 16.9 Å². The van der Waals surface area contributed by atoms with Crippen molar-refractivity contribution < 1.29 is 9.53 Å². The number of pyridine rings is 1. The second kappa shape index (κ2) is 12.1. The summed E-state index contributed by atoms with van der Waals surface area (Å²) in [4.78, 5) is 30.8. The standard InChI is InChI=1S/C29H36N6O3/c1-6-38-26(36)18-35-28(31-32-33-35)27(19(2)3)34(13-12-22-10-8-7-9-11-22)17-24-16-23-14-20(4)21(5)15-25(23)30-29(24)37/h7-11,14-16,19,27H,6,12-13,17-18H2,1-5H3,(H,30,37)/t27-/m0/s1. The third-order valence-electron chi connectivity index (χ3n) is 6.87. The van der Waals surface area contributed by atoms with Crippen LogP contribution in [0, 0.1) is 19.8 Å². The molecule has 9 nitrogen and oxygen atoms in total. The number of rotatable bonds is 11. The van der Waals surface area contributed by atoms with Gasteiger partial charge in [-0.15, -0.1) is 5.10 Å². The maximum Gasteiger partial charge on any atom is 0.327 e. The van der Waals surface area contributed by atoms with E-state index in [1.54, 1.807) is 6.92 Å². The van der Waals surface area contributed by atoms with Gasteiger partial charge in [0.2, 0.25) is 0 Å². The lowest BCUT2D eigenvalue weighted by atomic mass is 9.99. The molecule has 0 radical (unpaired) electrons. The fraction of sp³-hybridized carbons (Fsp3) is 0.414. The van der Waals surface area contributed by atoms with Crippen LogP contribution in [0.15, 0.2) is 53.3 Å². The molecule has 0 fully saturated rings. The van der Waals surface area contributed by atoms with E-state index in [-0.39, 0.29) is 30.7 Å². The van der Waals surface area contributed by atoms with Gasteiger partial charge >= 0.3 is 5.97 Å². The molecule has 9 heteroatoms. The third kappa shape index (κ3) is 6.34. The SMILES string of the molecule is CCOC(=O)Cn1nnnc1[C@H](C(C)C)N(CCc1ccccc1)Cc1cc2cc(C)c(C)cc2[nH]c1=O. The second-order valence-corrected chi connectivity index (χ2v) is 10.0. The Labute approximate surface area is 222 Å². The van der Waals surface area contributed by atoms with Gasteiger partial charge in [-0.2, -0.15) is 0 Å². The highest BCUT2D eigenvalue weighted by Crippen LogP contribution is 2.29. The van der Waals surface area contributed by atoms with Crippen molar-refractivity contribution in [2.75, 3.05) is 13.2 Å². The maximum absolute atomic E-state index is 13.2. The Morgan fingerprint density at radius 3 is 2.55 bits per heavy atom. The molecule has 1 N–H and O–H groups in total. The number of nitrogens with one attached hydrogen (secondary N) is 1. The molecule has 38 heavy (non-hydrogen) atoms. The van der Waals surface area contributed by atoms with Gasteiger partial charge in [0.25, 0.3) is 5.56 Å². The van der Waals surface area contributed by atoms with Crippen LogP contribution in [0.2, 0.25) is 0 Å². The molecule has 0 aliphatic heterocycles. The molecule has 200 valence electrons. The number of H-pyrrole nitrogens is 1. The van der Waals surface area contributed by atoms with Crippen molar-refractivity contribution in [1.29, 1.82) is 0 Å². The summed E-state index contributed by atoms with van der Waals surface area (Å²) in [5.74, 6) is 0.281. The van der Waals surface area contributed by atoms with E-state index in [4.69, 9.17) is 4.74 Å². The molecule has 0 unspecified atom stereocenters. The third-order valence-corrected chi connectivity index (χ3v) is 6.87. The fourth-order valence-corrected chi connectivity index (χ4v) is 4.84. The summed E-state index contributed by atoms with van der Waals surface area (Å²) in [5, 5.41) is 13.3. The number of aryl methyl sites for hydroxylation is 2. The van der Waals surface area contributed by atoms with Crippen LogP contribution in [0.1, 0.15) is 54.9 Å². The Hall–Kier alpha value is -3.85. The zero-order valence-corrected chi connectivity index (χ0v) is 22.8. The predicted molar refractivity (Wildman–Crippen MR) is 147 cm³/mol. The lowest BCUT2D eigenvalue weighted by molar-refractivity contribution is -0.144. The van der Waals surface area contributed by atoms with E-state index in [1.807, 2.05) is 37.3 Å². The molecule has 4 rings (SSSR count). The highest BCUT2D eigenvalue weighted by atomic mass is 16.5. The van der Waals surface area contributed by atoms with E-state index in [2.05, 4.69) is 64.4 Å². The number of tetrazole rings is 1. The minimum absolute atomic E-state index is 0.0683. The average molecular weight is 517 g/mol. The number of fused-ring (bicyclic) bond motifs is 1. The number of carbonyl (C=O) groups is 1. The molecular formula is C29H36N6O3. The quantitative estimate of drug-likeness (QED) is 0.299. The molecule has 2 heterocycles. The molecule has 0 aliphatic carbocycles. The van der Waals surface area contributed by atoms with Gasteiger partial charge in [0.05, 0.1) is 12.6 Å². The van der Waals surface area contributed by atoms with Crippen molar-refractivity contribution in [3.63, 3.8) is 0 Å². The Morgan fingerprint density at radius 2 is 1.84 bits per heavy atom. The van der Waals surface area contributed by atoms with Crippen molar-refractivity contribution in [2.45, 2.75) is 60.2 Å². The number of hydrogen-bond donors (Lipinski definition) is 1. The van der Waals surface area contributed by atoms with Crippen LogP contribution in [-0.4, -0.2) is 49.2 Å². The van der Waals surface area contributed by atoms with Crippen molar-refractivity contribution in [3.05, 3.63) is 87.0 Å². The highest BCUT2D eigenvalue weighted by molar-refractivity contribution is 5.80. The molecule has 4 aromatic rings. The van der Waals surface area contributed by atoms with E-state index in [1.165, 1.54) is 15.8 Å². The number of esters is 1. The van der Waals surface area contributed by atoms with Crippen LogP contribution in [0.25, 0.3) is 10.9 Å². The van der Waals surface area contributed by atoms with E-state index in [0.717, 1.165) is 22.9 Å². The summed E-state index contributed by atoms with van der Waals surface area (Å²) in [6, 6.07) is 16.1. The Kier molecular flexibility index (Phi) is 8.68. The first-order valence-corrected chi connectivity index (χ1v) is 13.1. The van der Waals surface area contributed by atoms with E-state index in [9.17, 15) is 9.59 Å². The minimum atomic E-state index is -0.393. The molecule has 1 atom stereocenters. The van der Waals surface area contributed by atoms with Gasteiger partial charge in [0.1, 0.15) is 6.54 Å². The normalized spacial score (nSPS) is 12.4. The summed E-state index contributed by atoms with van der Waals surface area (Å²) < 4.78 is 6.64. The zero-order chi connectivity index (χ0) is 27.2. The van der Waals surface area contributed by atoms with Gasteiger partial charge in [0.15, 0.2) is 5.82 Å². The highest BCUT2D eigenvalue weighted by Gasteiger charge is 2.30. The second-order valence-electron chi connectivity index (χ2n) is 10.0. The summed E-state index contributed by atoms with van der Waals surface area (Å²) in [6.07, 6.45) is 0.785. The Balaban J connectivity index is 1.72. The number of hydrogen-bond acceptors (Lipinski definition) is 7. The molecular weight excluding hydrogens is 480 g/mol. The summed E-state index contributed by atoms with van der Waals surface area (Å²) in [7, 11) is 0. The minimum Gasteiger partial charge on any atom is -0.465 e. The molecule has 0 aliphatic rings. The number of benzene rings is 2. The molecule has 0 saturated carbocycles. The monoisotopic (exact) mass is 516 g/mol. The van der Waals surface area contributed by atoms with Crippen molar-refractivity contribution in [2.24, 2.45) is 5.92 Å². The van der Waals surface area contributed by atoms with Gasteiger partial charge in [-0.05, 0) is 83.8 Å². The maximum atomic E-state index is 13.2. The van der Waals surface area contributed by atoms with Gasteiger partial charge in [-0.3, -0.25) is 14.5 Å². The molecule has 2 aromatic heterocycles. The Morgan fingerprint density at radius 1 is 1.11 bits per heavy atom. The number of aromatic nitrogens is 5. The molecule has 0 spiro atoms. The summed E-state index contributed by atoms with van der Waals surface area (Å²) >= 11 is 0. The number of carbonyl (C=O) groups excluding carboxylic acids is 1. The number of ether oxygens (including phenoxy) is 1. The molecule has 0 amide bonds. The predicted octanol–water partition coefficient (Wildman–Crippen LogP) is 4.14. The van der Waals surface area contributed by atoms with Crippen molar-refractivity contribution in [3.8, 4) is 0 Å². The van der Waals surface area contributed by atoms with Crippen LogP contribution in [0.5, 0.6) is 0 Å². The smallest absolute Gasteiger partial charge is 0.327 e. The van der Waals surface area contributed by atoms with Gasteiger partial charge in [-0.25, -0.2) is 4.68 Å². The topological polar surface area (TPSA) is 106 Å². The average Bonchev–Trinajstić information content (AvgIpc) is 3.32. The molecule has 0 bridgehead atoms. The fourth-order valence-electron chi connectivity index (χ4n) is 4.84. The van der Waals surface area contributed by atoms with Crippen LogP contribution in [0.3, 0.4) is 0 Å². The van der Waals surface area contributed by atoms with E-state index >= 15 is 0 Å². The number of aromatic amines is 1. The lowest BCUT2D eigenvalue weighted by Crippen LogP contribution is -2.37. The van der Waals surface area contributed by atoms with Crippen LogP contribution in [0.4, 0.5) is 0 Å². The van der Waals surface area contributed by atoms with E-state index < -0.39 is 5.97 Å². The van der Waals surface area contributed by atoms with Gasteiger partial charge in [-0.1, -0.05) is 44.2 Å². The number of nitrogens with zero attached hydrogens (tertiary/aromatic N) is 5. The van der Waals surface area contributed by atoms with Crippen LogP contribution < -0.4 is 5.56 Å². The zero-order valence-electron chi connectivity index (χ0n) is 22.8.